The number of carbonyl (C=O) groups is 11. The molecule has 432 valence electrons. The summed E-state index contributed by atoms with van der Waals surface area (Å²) in [6.45, 7) is 7.08. The Labute approximate surface area is 445 Å². The maximum Gasteiger partial charge on any atom is 0.326 e. The minimum Gasteiger partial charge on any atom is -0.508 e. The molecule has 0 bridgehead atoms. The van der Waals surface area contributed by atoms with Crippen LogP contribution in [0.5, 0.6) is 5.75 Å². The van der Waals surface area contributed by atoms with E-state index in [0.717, 1.165) is 0 Å². The first kappa shape index (κ1) is 67.4. The van der Waals surface area contributed by atoms with E-state index < -0.39 is 164 Å². The summed E-state index contributed by atoms with van der Waals surface area (Å²) in [7, 11) is 0. The number of aliphatic hydroxyl groups is 1. The van der Waals surface area contributed by atoms with E-state index in [1.807, 2.05) is 0 Å². The molecule has 10 atom stereocenters. The first-order valence-corrected chi connectivity index (χ1v) is 25.1. The van der Waals surface area contributed by atoms with Crippen molar-refractivity contribution in [2.45, 2.75) is 160 Å². The third-order valence-electron chi connectivity index (χ3n) is 12.0. The second kappa shape index (κ2) is 34.8. The van der Waals surface area contributed by atoms with Gasteiger partial charge in [0.15, 0.2) is 5.96 Å². The molecule has 0 radical (unpaired) electrons. The Balaban J connectivity index is 3.39. The minimum absolute atomic E-state index is 0.0234. The van der Waals surface area contributed by atoms with Crippen LogP contribution >= 0.6 is 0 Å². The number of unbranched alkanes of at least 4 members (excludes halogenated alkanes) is 1. The molecule has 0 fully saturated rings. The van der Waals surface area contributed by atoms with Gasteiger partial charge in [-0.25, -0.2) is 4.79 Å². The Hall–Kier alpha value is -7.66. The Morgan fingerprint density at radius 2 is 1.00 bits per heavy atom. The average molecular weight is 1090 g/mol. The fourth-order valence-corrected chi connectivity index (χ4v) is 7.25. The number of benzene rings is 1. The van der Waals surface area contributed by atoms with Crippen LogP contribution in [-0.2, 0) is 59.2 Å². The lowest BCUT2D eigenvalue weighted by Crippen LogP contribution is -2.61. The van der Waals surface area contributed by atoms with Crippen LogP contribution in [0.3, 0.4) is 0 Å². The van der Waals surface area contributed by atoms with Crippen molar-refractivity contribution >= 4 is 71.1 Å². The summed E-state index contributed by atoms with van der Waals surface area (Å²) in [5.74, 6) is -13.2. The zero-order chi connectivity index (χ0) is 58.5. The predicted molar refractivity (Wildman–Crippen MR) is 276 cm³/mol. The first-order valence-electron chi connectivity index (χ1n) is 25.1. The SMILES string of the molecule is CC[C@H](C)[C@H](NC(=O)[C@H](CCC(=O)O)NC(=O)[C@@H](N)CO)C(=O)N[C@@H](CCC(=O)O)C(=O)N[C@@H](C)C(=O)N[C@@H](CCCCN)C(=O)N[C@H](C(=O)N[C@@H](CCCN=C(N)N)C(=O)N[C@@H](Cc1ccc(O)cc1)C(=O)O)C(C)C. The molecule has 0 aliphatic heterocycles. The van der Waals surface area contributed by atoms with Gasteiger partial charge in [-0.1, -0.05) is 46.2 Å². The zero-order valence-corrected chi connectivity index (χ0v) is 44.0. The molecule has 1 rings (SSSR count). The number of phenols is 1. The lowest BCUT2D eigenvalue weighted by molar-refractivity contribution is -0.142. The highest BCUT2D eigenvalue weighted by atomic mass is 16.4. The van der Waals surface area contributed by atoms with Crippen molar-refractivity contribution in [3.05, 3.63) is 29.8 Å². The van der Waals surface area contributed by atoms with E-state index in [1.165, 1.54) is 31.2 Å². The number of aliphatic imine (C=N–C) groups is 1. The molecular formula is C48H79N13O16. The Bertz CT molecular complexity index is 2190. The molecule has 0 unspecified atom stereocenters. The van der Waals surface area contributed by atoms with E-state index in [-0.39, 0.29) is 56.9 Å². The first-order chi connectivity index (χ1) is 36.1. The molecule has 0 aliphatic carbocycles. The number of aliphatic carboxylic acids is 3. The lowest BCUT2D eigenvalue weighted by Gasteiger charge is -2.29. The van der Waals surface area contributed by atoms with Gasteiger partial charge in [0.25, 0.3) is 0 Å². The summed E-state index contributed by atoms with van der Waals surface area (Å²) < 4.78 is 0. The van der Waals surface area contributed by atoms with Crippen LogP contribution in [0, 0.1) is 11.8 Å². The molecule has 0 saturated carbocycles. The number of amides is 8. The normalized spacial score (nSPS) is 14.9. The molecule has 1 aromatic rings. The number of nitrogens with one attached hydrogen (secondary N) is 8. The number of carboxylic acid groups (broad SMARTS) is 3. The quantitative estimate of drug-likeness (QED) is 0.0171. The van der Waals surface area contributed by atoms with Crippen molar-refractivity contribution in [1.29, 1.82) is 0 Å². The van der Waals surface area contributed by atoms with Gasteiger partial charge >= 0.3 is 17.9 Å². The minimum atomic E-state index is -1.64. The number of nitrogens with two attached hydrogens (primary N) is 4. The fraction of sp³-hybridized carbons (Fsp3) is 0.625. The maximum atomic E-state index is 14.0. The van der Waals surface area contributed by atoms with Crippen molar-refractivity contribution in [1.82, 2.24) is 42.5 Å². The highest BCUT2D eigenvalue weighted by molar-refractivity contribution is 5.98. The van der Waals surface area contributed by atoms with Crippen molar-refractivity contribution in [3.63, 3.8) is 0 Å². The Morgan fingerprint density at radius 1 is 0.558 bits per heavy atom. The van der Waals surface area contributed by atoms with Gasteiger partial charge in [-0.15, -0.1) is 0 Å². The maximum absolute atomic E-state index is 14.0. The number of rotatable bonds is 37. The summed E-state index contributed by atoms with van der Waals surface area (Å²) in [4.78, 5) is 148. The zero-order valence-electron chi connectivity index (χ0n) is 44.0. The number of hydrogen-bond donors (Lipinski definition) is 17. The molecule has 21 N–H and O–H groups in total. The largest absolute Gasteiger partial charge is 0.508 e. The van der Waals surface area contributed by atoms with Crippen molar-refractivity contribution in [2.75, 3.05) is 19.7 Å². The standard InChI is InChI=1S/C48H79N13O16/c1-6-25(4)38(61-44(73)33(17-19-36(66)67)56-40(69)29(50)23-62)46(75)58-32(16-18-35(64)65)41(70)54-26(5)39(68)55-30(10-7-8-20-49)43(72)60-37(24(2)3)45(74)57-31(11-9-21-53-48(51)52)42(71)59-34(47(76)77)22-27-12-14-28(63)15-13-27/h12-15,24-26,29-34,37-38,62-63H,6-11,16-23,49-50H2,1-5H3,(H,54,70)(H,55,68)(H,56,69)(H,57,74)(H,58,75)(H,59,71)(H,60,72)(H,61,73)(H,64,65)(H,66,67)(H,76,77)(H4,51,52,53)/t25-,26-,29-,30-,31-,32-,33-,34-,37-,38-/m0/s1. The number of carboxylic acids is 3. The number of nitrogens with zero attached hydrogens (tertiary/aromatic N) is 1. The summed E-state index contributed by atoms with van der Waals surface area (Å²) in [5, 5.41) is 67.3. The highest BCUT2D eigenvalue weighted by Gasteiger charge is 2.36. The Morgan fingerprint density at radius 3 is 1.47 bits per heavy atom. The molecule has 0 spiro atoms. The molecule has 0 saturated heterocycles. The summed E-state index contributed by atoms with van der Waals surface area (Å²) >= 11 is 0. The third kappa shape index (κ3) is 25.6. The Kier molecular flexibility index (Phi) is 30.5. The van der Waals surface area contributed by atoms with Crippen LogP contribution in [0.15, 0.2) is 29.3 Å². The number of guanidine groups is 1. The second-order valence-corrected chi connectivity index (χ2v) is 18.7. The molecular weight excluding hydrogens is 1010 g/mol. The molecule has 29 nitrogen and oxygen atoms in total. The number of aliphatic hydroxyl groups excluding tert-OH is 1. The third-order valence-corrected chi connectivity index (χ3v) is 12.0. The molecule has 0 heterocycles. The lowest BCUT2D eigenvalue weighted by atomic mass is 9.96. The molecule has 1 aromatic carbocycles. The van der Waals surface area contributed by atoms with E-state index in [2.05, 4.69) is 47.5 Å². The van der Waals surface area contributed by atoms with Gasteiger partial charge in [0.05, 0.1) is 6.61 Å². The fourth-order valence-electron chi connectivity index (χ4n) is 7.25. The van der Waals surface area contributed by atoms with E-state index in [0.29, 0.717) is 18.4 Å². The molecule has 0 aliphatic rings. The van der Waals surface area contributed by atoms with Gasteiger partial charge in [-0.3, -0.25) is 52.9 Å². The smallest absolute Gasteiger partial charge is 0.326 e. The molecule has 0 aromatic heterocycles. The van der Waals surface area contributed by atoms with Gasteiger partial charge < -0.3 is 91.0 Å². The van der Waals surface area contributed by atoms with Crippen LogP contribution in [0.4, 0.5) is 0 Å². The van der Waals surface area contributed by atoms with E-state index in [9.17, 15) is 78.3 Å². The summed E-state index contributed by atoms with van der Waals surface area (Å²) in [6.07, 6.45) is -1.42. The summed E-state index contributed by atoms with van der Waals surface area (Å²) in [5.41, 5.74) is 22.6. The second-order valence-electron chi connectivity index (χ2n) is 18.7. The number of aromatic hydroxyl groups is 1. The van der Waals surface area contributed by atoms with Crippen molar-refractivity contribution in [2.24, 2.45) is 39.8 Å². The number of hydrogen-bond acceptors (Lipinski definition) is 16. The average Bonchev–Trinajstić information content (AvgIpc) is 3.36. The molecule has 8 amide bonds. The van der Waals surface area contributed by atoms with Gasteiger partial charge in [0.1, 0.15) is 60.1 Å². The topological polar surface area (TPSA) is 502 Å². The molecule has 29 heteroatoms. The van der Waals surface area contributed by atoms with Gasteiger partial charge in [0, 0.05) is 25.8 Å². The van der Waals surface area contributed by atoms with Gasteiger partial charge in [0.2, 0.25) is 47.3 Å². The van der Waals surface area contributed by atoms with E-state index in [4.69, 9.17) is 22.9 Å². The van der Waals surface area contributed by atoms with Crippen LogP contribution in [0.25, 0.3) is 0 Å². The summed E-state index contributed by atoms with van der Waals surface area (Å²) in [6, 6.07) is -7.45. The van der Waals surface area contributed by atoms with Crippen LogP contribution < -0.4 is 65.5 Å². The van der Waals surface area contributed by atoms with Crippen LogP contribution in [0.2, 0.25) is 0 Å². The van der Waals surface area contributed by atoms with Crippen LogP contribution in [0.1, 0.15) is 104 Å². The van der Waals surface area contributed by atoms with Crippen molar-refractivity contribution < 1.29 is 78.3 Å². The highest BCUT2D eigenvalue weighted by Crippen LogP contribution is 2.15. The van der Waals surface area contributed by atoms with Crippen LogP contribution in [-0.4, -0.2) is 171 Å². The molecule has 77 heavy (non-hydrogen) atoms. The van der Waals surface area contributed by atoms with E-state index in [1.54, 1.807) is 27.7 Å². The number of carbonyl (C=O) groups excluding carboxylic acids is 8. The van der Waals surface area contributed by atoms with Gasteiger partial charge in [-0.2, -0.15) is 0 Å². The predicted octanol–water partition coefficient (Wildman–Crippen LogP) is -4.15. The van der Waals surface area contributed by atoms with Crippen molar-refractivity contribution in [3.8, 4) is 5.75 Å². The monoisotopic (exact) mass is 1090 g/mol. The van der Waals surface area contributed by atoms with Gasteiger partial charge in [-0.05, 0) is 87.9 Å². The number of phenolic OH excluding ortho intramolecular Hbond substituents is 1. The van der Waals surface area contributed by atoms with E-state index >= 15 is 0 Å².